The van der Waals surface area contributed by atoms with Crippen molar-refractivity contribution < 1.29 is 9.53 Å². The van der Waals surface area contributed by atoms with Crippen LogP contribution in [0.3, 0.4) is 0 Å². The first-order valence-corrected chi connectivity index (χ1v) is 8.00. The van der Waals surface area contributed by atoms with Crippen LogP contribution in [-0.2, 0) is 4.79 Å². The molecule has 0 unspecified atom stereocenters. The van der Waals surface area contributed by atoms with Crippen molar-refractivity contribution in [3.63, 3.8) is 0 Å². The fourth-order valence-corrected chi connectivity index (χ4v) is 2.90. The van der Waals surface area contributed by atoms with Crippen molar-refractivity contribution in [2.24, 2.45) is 0 Å². The highest BCUT2D eigenvalue weighted by molar-refractivity contribution is 6.99. The Balaban J connectivity index is 1.53. The maximum absolute atomic E-state index is 12.5. The lowest BCUT2D eigenvalue weighted by atomic mass is 10.2. The van der Waals surface area contributed by atoms with Crippen LogP contribution in [0.4, 0.5) is 5.82 Å². The monoisotopic (exact) mass is 318 g/mol. The van der Waals surface area contributed by atoms with E-state index < -0.39 is 6.10 Å². The molecule has 0 radical (unpaired) electrons. The van der Waals surface area contributed by atoms with Gasteiger partial charge in [0, 0.05) is 26.2 Å². The predicted molar refractivity (Wildman–Crippen MR) is 85.2 cm³/mol. The molecule has 2 aromatic rings. The molecule has 22 heavy (non-hydrogen) atoms. The Labute approximate surface area is 133 Å². The summed E-state index contributed by atoms with van der Waals surface area (Å²) < 4.78 is 13.9. The molecule has 1 atom stereocenters. The molecule has 1 saturated heterocycles. The number of anilines is 1. The Morgan fingerprint density at radius 1 is 1.23 bits per heavy atom. The molecule has 1 aliphatic rings. The fraction of sp³-hybridized carbons (Fsp3) is 0.400. The van der Waals surface area contributed by atoms with E-state index in [2.05, 4.69) is 13.6 Å². The third-order valence-corrected chi connectivity index (χ3v) is 4.14. The topological polar surface area (TPSA) is 58.6 Å². The van der Waals surface area contributed by atoms with Gasteiger partial charge >= 0.3 is 0 Å². The summed E-state index contributed by atoms with van der Waals surface area (Å²) in [6, 6.07) is 9.43. The number of benzene rings is 1. The van der Waals surface area contributed by atoms with E-state index in [-0.39, 0.29) is 5.91 Å². The quantitative estimate of drug-likeness (QED) is 0.858. The molecule has 2 heterocycles. The average Bonchev–Trinajstić information content (AvgIpc) is 3.10. The number of hydrogen-bond donors (Lipinski definition) is 0. The molecule has 1 aromatic carbocycles. The van der Waals surface area contributed by atoms with Gasteiger partial charge in [0.05, 0.1) is 17.9 Å². The second kappa shape index (κ2) is 6.74. The van der Waals surface area contributed by atoms with Gasteiger partial charge in [-0.3, -0.25) is 4.79 Å². The van der Waals surface area contributed by atoms with Crippen LogP contribution >= 0.6 is 11.7 Å². The number of rotatable bonds is 4. The van der Waals surface area contributed by atoms with Crippen molar-refractivity contribution in [1.29, 1.82) is 0 Å². The zero-order valence-corrected chi connectivity index (χ0v) is 13.2. The van der Waals surface area contributed by atoms with Crippen LogP contribution in [0.5, 0.6) is 5.75 Å². The third kappa shape index (κ3) is 3.36. The normalized spacial score (nSPS) is 16.4. The Morgan fingerprint density at radius 2 is 1.95 bits per heavy atom. The SMILES string of the molecule is C[C@@H](Oc1ccccc1)C(=O)N1CCN(c2cnsn2)CC1. The van der Waals surface area contributed by atoms with E-state index in [1.54, 1.807) is 13.1 Å². The molecule has 1 aliphatic heterocycles. The van der Waals surface area contributed by atoms with E-state index in [4.69, 9.17) is 4.74 Å². The van der Waals surface area contributed by atoms with Gasteiger partial charge in [-0.2, -0.15) is 8.75 Å². The van der Waals surface area contributed by atoms with Gasteiger partial charge in [0.25, 0.3) is 5.91 Å². The number of amides is 1. The standard InChI is InChI=1S/C15H18N4O2S/c1-12(21-13-5-3-2-4-6-13)15(20)19-9-7-18(8-10-19)14-11-16-22-17-14/h2-6,11-12H,7-10H2,1H3/t12-/m1/s1. The van der Waals surface area contributed by atoms with E-state index in [1.807, 2.05) is 35.2 Å². The van der Waals surface area contributed by atoms with Gasteiger partial charge in [-0.1, -0.05) is 18.2 Å². The number of piperazine rings is 1. The largest absolute Gasteiger partial charge is 0.481 e. The first-order chi connectivity index (χ1) is 10.7. The zero-order valence-electron chi connectivity index (χ0n) is 12.4. The highest BCUT2D eigenvalue weighted by Gasteiger charge is 2.26. The van der Waals surface area contributed by atoms with Crippen LogP contribution in [0.25, 0.3) is 0 Å². The molecule has 6 nitrogen and oxygen atoms in total. The number of ether oxygens (including phenoxy) is 1. The first kappa shape index (κ1) is 14.8. The predicted octanol–water partition coefficient (Wildman–Crippen LogP) is 1.65. The third-order valence-electron chi connectivity index (χ3n) is 3.67. The van der Waals surface area contributed by atoms with Gasteiger partial charge in [-0.05, 0) is 19.1 Å². The molecule has 0 bridgehead atoms. The summed E-state index contributed by atoms with van der Waals surface area (Å²) in [5.74, 6) is 1.64. The number of carbonyl (C=O) groups is 1. The Kier molecular flexibility index (Phi) is 4.53. The van der Waals surface area contributed by atoms with Crippen molar-refractivity contribution in [2.75, 3.05) is 31.1 Å². The summed E-state index contributed by atoms with van der Waals surface area (Å²) in [6.07, 6.45) is 1.29. The Hall–Kier alpha value is -2.15. The van der Waals surface area contributed by atoms with E-state index in [1.165, 1.54) is 11.7 Å². The van der Waals surface area contributed by atoms with E-state index in [0.29, 0.717) is 13.1 Å². The molecule has 0 N–H and O–H groups in total. The minimum absolute atomic E-state index is 0.0277. The van der Waals surface area contributed by atoms with Crippen LogP contribution in [0.2, 0.25) is 0 Å². The lowest BCUT2D eigenvalue weighted by Gasteiger charge is -2.35. The van der Waals surface area contributed by atoms with Gasteiger partial charge in [-0.15, -0.1) is 0 Å². The highest BCUT2D eigenvalue weighted by atomic mass is 32.1. The molecule has 3 rings (SSSR count). The zero-order chi connectivity index (χ0) is 15.4. The van der Waals surface area contributed by atoms with Crippen LogP contribution in [0.1, 0.15) is 6.92 Å². The molecule has 0 saturated carbocycles. The number of aromatic nitrogens is 2. The van der Waals surface area contributed by atoms with E-state index in [0.717, 1.165) is 24.7 Å². The minimum atomic E-state index is -0.477. The summed E-state index contributed by atoms with van der Waals surface area (Å²) in [5, 5.41) is 0. The molecule has 116 valence electrons. The van der Waals surface area contributed by atoms with Gasteiger partial charge in [0.2, 0.25) is 0 Å². The van der Waals surface area contributed by atoms with Crippen LogP contribution in [0.15, 0.2) is 36.5 Å². The number of hydrogen-bond acceptors (Lipinski definition) is 6. The van der Waals surface area contributed by atoms with Gasteiger partial charge in [0.1, 0.15) is 5.75 Å². The van der Waals surface area contributed by atoms with E-state index >= 15 is 0 Å². The summed E-state index contributed by atoms with van der Waals surface area (Å²) >= 11 is 1.20. The maximum atomic E-state index is 12.5. The van der Waals surface area contributed by atoms with Gasteiger partial charge < -0.3 is 14.5 Å². The van der Waals surface area contributed by atoms with Crippen molar-refractivity contribution in [1.82, 2.24) is 13.6 Å². The number of nitrogens with zero attached hydrogens (tertiary/aromatic N) is 4. The maximum Gasteiger partial charge on any atom is 0.263 e. The van der Waals surface area contributed by atoms with Crippen LogP contribution < -0.4 is 9.64 Å². The lowest BCUT2D eigenvalue weighted by Crippen LogP contribution is -2.52. The minimum Gasteiger partial charge on any atom is -0.481 e. The van der Waals surface area contributed by atoms with Crippen molar-refractivity contribution in [3.05, 3.63) is 36.5 Å². The van der Waals surface area contributed by atoms with Gasteiger partial charge in [0.15, 0.2) is 11.9 Å². The smallest absolute Gasteiger partial charge is 0.263 e. The van der Waals surface area contributed by atoms with Crippen molar-refractivity contribution in [2.45, 2.75) is 13.0 Å². The fourth-order valence-electron chi connectivity index (χ4n) is 2.47. The molecule has 0 aliphatic carbocycles. The number of carbonyl (C=O) groups excluding carboxylic acids is 1. The Morgan fingerprint density at radius 3 is 2.59 bits per heavy atom. The summed E-state index contributed by atoms with van der Waals surface area (Å²) in [6.45, 7) is 4.70. The second-order valence-electron chi connectivity index (χ2n) is 5.15. The molecule has 0 spiro atoms. The van der Waals surface area contributed by atoms with Crippen molar-refractivity contribution in [3.8, 4) is 5.75 Å². The highest BCUT2D eigenvalue weighted by Crippen LogP contribution is 2.16. The molecule has 1 aromatic heterocycles. The van der Waals surface area contributed by atoms with Crippen LogP contribution in [0, 0.1) is 0 Å². The molecular weight excluding hydrogens is 300 g/mol. The molecule has 7 heteroatoms. The summed E-state index contributed by atoms with van der Waals surface area (Å²) in [4.78, 5) is 16.5. The average molecular weight is 318 g/mol. The number of para-hydroxylation sites is 1. The summed E-state index contributed by atoms with van der Waals surface area (Å²) in [7, 11) is 0. The molecular formula is C15H18N4O2S. The van der Waals surface area contributed by atoms with Crippen LogP contribution in [-0.4, -0.2) is 51.8 Å². The summed E-state index contributed by atoms with van der Waals surface area (Å²) in [5.41, 5.74) is 0. The molecule has 1 amide bonds. The second-order valence-corrected chi connectivity index (χ2v) is 5.71. The van der Waals surface area contributed by atoms with Crippen molar-refractivity contribution >= 4 is 23.5 Å². The Bertz CT molecular complexity index is 597. The first-order valence-electron chi connectivity index (χ1n) is 7.27. The van der Waals surface area contributed by atoms with E-state index in [9.17, 15) is 4.79 Å². The lowest BCUT2D eigenvalue weighted by molar-refractivity contribution is -0.138. The molecule has 1 fully saturated rings. The van der Waals surface area contributed by atoms with Gasteiger partial charge in [-0.25, -0.2) is 0 Å².